The zero-order valence-corrected chi connectivity index (χ0v) is 12.7. The maximum Gasteiger partial charge on any atom is 0.223 e. The molecule has 0 saturated carbocycles. The monoisotopic (exact) mass is 275 g/mol. The van der Waals surface area contributed by atoms with E-state index in [9.17, 15) is 4.79 Å². The Morgan fingerprint density at radius 2 is 2.20 bits per heavy atom. The van der Waals surface area contributed by atoms with Gasteiger partial charge in [0.1, 0.15) is 0 Å². The number of hydrogen-bond donors (Lipinski definition) is 1. The maximum atomic E-state index is 11.9. The zero-order valence-electron chi connectivity index (χ0n) is 12.7. The quantitative estimate of drug-likeness (QED) is 0.921. The second-order valence-corrected chi connectivity index (χ2v) is 5.72. The van der Waals surface area contributed by atoms with Gasteiger partial charge in [-0.15, -0.1) is 0 Å². The summed E-state index contributed by atoms with van der Waals surface area (Å²) in [5, 5.41) is 0. The molecular formula is C16H25N3O. The van der Waals surface area contributed by atoms with Crippen molar-refractivity contribution in [2.24, 2.45) is 5.73 Å². The highest BCUT2D eigenvalue weighted by atomic mass is 16.2. The highest BCUT2D eigenvalue weighted by Gasteiger charge is 2.25. The highest BCUT2D eigenvalue weighted by molar-refractivity contribution is 5.93. The van der Waals surface area contributed by atoms with E-state index in [1.54, 1.807) is 6.92 Å². The number of carbonyl (C=O) groups is 1. The van der Waals surface area contributed by atoms with Gasteiger partial charge in [-0.3, -0.25) is 4.79 Å². The fraction of sp³-hybridized carbons (Fsp3) is 0.562. The lowest BCUT2D eigenvalue weighted by atomic mass is 9.90. The molecule has 0 spiro atoms. The Balaban J connectivity index is 2.49. The lowest BCUT2D eigenvalue weighted by molar-refractivity contribution is -0.116. The van der Waals surface area contributed by atoms with Crippen LogP contribution < -0.4 is 15.5 Å². The smallest absolute Gasteiger partial charge is 0.223 e. The zero-order chi connectivity index (χ0) is 14.7. The molecule has 0 radical (unpaired) electrons. The predicted molar refractivity (Wildman–Crippen MR) is 84.4 cm³/mol. The summed E-state index contributed by atoms with van der Waals surface area (Å²) in [6, 6.07) is 6.39. The molecule has 1 unspecified atom stereocenters. The first-order valence-corrected chi connectivity index (χ1v) is 7.34. The van der Waals surface area contributed by atoms with Crippen molar-refractivity contribution in [1.82, 2.24) is 0 Å². The van der Waals surface area contributed by atoms with Crippen molar-refractivity contribution in [2.45, 2.75) is 32.1 Å². The molecule has 1 aliphatic rings. The van der Waals surface area contributed by atoms with Crippen LogP contribution in [-0.2, 0) is 4.79 Å². The third kappa shape index (κ3) is 2.96. The molecule has 20 heavy (non-hydrogen) atoms. The Hall–Kier alpha value is -1.55. The average molecular weight is 275 g/mol. The van der Waals surface area contributed by atoms with Crippen molar-refractivity contribution in [2.75, 3.05) is 37.0 Å². The fourth-order valence-corrected chi connectivity index (χ4v) is 2.99. The van der Waals surface area contributed by atoms with Gasteiger partial charge in [-0.05, 0) is 55.5 Å². The van der Waals surface area contributed by atoms with E-state index in [2.05, 4.69) is 23.1 Å². The van der Waals surface area contributed by atoms with Crippen LogP contribution in [0.15, 0.2) is 18.2 Å². The Bertz CT molecular complexity index is 485. The van der Waals surface area contributed by atoms with Gasteiger partial charge in [0.25, 0.3) is 0 Å². The Morgan fingerprint density at radius 1 is 1.45 bits per heavy atom. The van der Waals surface area contributed by atoms with Crippen molar-refractivity contribution in [3.8, 4) is 0 Å². The lowest BCUT2D eigenvalue weighted by Crippen LogP contribution is -2.29. The highest BCUT2D eigenvalue weighted by Crippen LogP contribution is 2.38. The van der Waals surface area contributed by atoms with Crippen LogP contribution in [0, 0.1) is 0 Å². The molecule has 4 heteroatoms. The van der Waals surface area contributed by atoms with E-state index in [4.69, 9.17) is 5.73 Å². The minimum atomic E-state index is 0.122. The number of anilines is 2. The second kappa shape index (κ2) is 6.27. The van der Waals surface area contributed by atoms with Crippen molar-refractivity contribution in [3.63, 3.8) is 0 Å². The normalized spacial score (nSPS) is 18.4. The van der Waals surface area contributed by atoms with Crippen molar-refractivity contribution in [3.05, 3.63) is 23.8 Å². The standard InChI is InChI=1S/C16H25N3O/c1-12(20)19-10-4-5-13(8-9-17)15-11-14(18(2)3)6-7-16(15)19/h6-7,11,13H,4-5,8-10,17H2,1-3H3. The van der Waals surface area contributed by atoms with E-state index in [0.717, 1.165) is 31.5 Å². The predicted octanol–water partition coefficient (Wildman–Crippen LogP) is 2.33. The van der Waals surface area contributed by atoms with Crippen LogP contribution in [0.2, 0.25) is 0 Å². The fourth-order valence-electron chi connectivity index (χ4n) is 2.99. The number of hydrogen-bond acceptors (Lipinski definition) is 3. The van der Waals surface area contributed by atoms with Gasteiger partial charge in [-0.25, -0.2) is 0 Å². The van der Waals surface area contributed by atoms with Gasteiger partial charge in [0.15, 0.2) is 0 Å². The topological polar surface area (TPSA) is 49.6 Å². The number of benzene rings is 1. The molecule has 0 bridgehead atoms. The third-order valence-electron chi connectivity index (χ3n) is 4.09. The molecule has 1 amide bonds. The van der Waals surface area contributed by atoms with Gasteiger partial charge in [-0.1, -0.05) is 0 Å². The Morgan fingerprint density at radius 3 is 2.80 bits per heavy atom. The summed E-state index contributed by atoms with van der Waals surface area (Å²) in [6.45, 7) is 3.15. The van der Waals surface area contributed by atoms with E-state index >= 15 is 0 Å². The summed E-state index contributed by atoms with van der Waals surface area (Å²) >= 11 is 0. The van der Waals surface area contributed by atoms with Crippen LogP contribution in [0.4, 0.5) is 11.4 Å². The summed E-state index contributed by atoms with van der Waals surface area (Å²) < 4.78 is 0. The summed E-state index contributed by atoms with van der Waals surface area (Å²) in [5.74, 6) is 0.580. The molecule has 1 atom stereocenters. The number of amides is 1. The van der Waals surface area contributed by atoms with Crippen LogP contribution in [0.3, 0.4) is 0 Å². The Kier molecular flexibility index (Phi) is 4.65. The molecule has 110 valence electrons. The molecule has 0 fully saturated rings. The van der Waals surface area contributed by atoms with Crippen LogP contribution in [0.25, 0.3) is 0 Å². The number of carbonyl (C=O) groups excluding carboxylic acids is 1. The summed E-state index contributed by atoms with van der Waals surface area (Å²) in [7, 11) is 4.08. The number of rotatable bonds is 3. The van der Waals surface area contributed by atoms with Gasteiger partial charge < -0.3 is 15.5 Å². The lowest BCUT2D eigenvalue weighted by Gasteiger charge is -2.25. The third-order valence-corrected chi connectivity index (χ3v) is 4.09. The molecule has 0 saturated heterocycles. The number of fused-ring (bicyclic) bond motifs is 1. The molecule has 4 nitrogen and oxygen atoms in total. The molecule has 1 aromatic carbocycles. The summed E-state index contributed by atoms with van der Waals surface area (Å²) in [6.07, 6.45) is 3.12. The molecule has 2 rings (SSSR count). The summed E-state index contributed by atoms with van der Waals surface area (Å²) in [5.41, 5.74) is 9.29. The first-order valence-electron chi connectivity index (χ1n) is 7.34. The van der Waals surface area contributed by atoms with Gasteiger partial charge in [0.05, 0.1) is 0 Å². The first-order chi connectivity index (χ1) is 9.54. The minimum absolute atomic E-state index is 0.122. The SMILES string of the molecule is CC(=O)N1CCCC(CCN)c2cc(N(C)C)ccc21. The van der Waals surface area contributed by atoms with Crippen LogP contribution in [-0.4, -0.2) is 33.1 Å². The largest absolute Gasteiger partial charge is 0.378 e. The van der Waals surface area contributed by atoms with E-state index in [0.29, 0.717) is 12.5 Å². The second-order valence-electron chi connectivity index (χ2n) is 5.72. The number of nitrogens with two attached hydrogens (primary N) is 1. The molecule has 2 N–H and O–H groups in total. The van der Waals surface area contributed by atoms with Crippen LogP contribution >= 0.6 is 0 Å². The summed E-state index contributed by atoms with van der Waals surface area (Å²) in [4.78, 5) is 15.9. The van der Waals surface area contributed by atoms with Crippen molar-refractivity contribution >= 4 is 17.3 Å². The van der Waals surface area contributed by atoms with Gasteiger partial charge in [-0.2, -0.15) is 0 Å². The van der Waals surface area contributed by atoms with E-state index in [1.807, 2.05) is 19.0 Å². The van der Waals surface area contributed by atoms with E-state index < -0.39 is 0 Å². The van der Waals surface area contributed by atoms with Crippen LogP contribution in [0.5, 0.6) is 0 Å². The van der Waals surface area contributed by atoms with E-state index in [-0.39, 0.29) is 5.91 Å². The van der Waals surface area contributed by atoms with Gasteiger partial charge in [0, 0.05) is 38.9 Å². The molecular weight excluding hydrogens is 250 g/mol. The molecule has 0 aliphatic carbocycles. The molecule has 1 aromatic rings. The van der Waals surface area contributed by atoms with E-state index in [1.165, 1.54) is 11.3 Å². The van der Waals surface area contributed by atoms with Crippen molar-refractivity contribution in [1.29, 1.82) is 0 Å². The van der Waals surface area contributed by atoms with Crippen molar-refractivity contribution < 1.29 is 4.79 Å². The van der Waals surface area contributed by atoms with Gasteiger partial charge >= 0.3 is 0 Å². The number of nitrogens with zero attached hydrogens (tertiary/aromatic N) is 2. The minimum Gasteiger partial charge on any atom is -0.378 e. The molecule has 1 aliphatic heterocycles. The Labute approximate surface area is 121 Å². The van der Waals surface area contributed by atoms with Crippen LogP contribution in [0.1, 0.15) is 37.7 Å². The average Bonchev–Trinajstić information content (AvgIpc) is 2.58. The molecule has 0 aromatic heterocycles. The molecule has 1 heterocycles. The first kappa shape index (κ1) is 14.9. The maximum absolute atomic E-state index is 11.9. The van der Waals surface area contributed by atoms with Gasteiger partial charge in [0.2, 0.25) is 5.91 Å².